The minimum atomic E-state index is -0.482. The fourth-order valence-corrected chi connectivity index (χ4v) is 3.80. The van der Waals surface area contributed by atoms with Gasteiger partial charge in [-0.15, -0.1) is 0 Å². The van der Waals surface area contributed by atoms with Gasteiger partial charge >= 0.3 is 6.09 Å². The zero-order valence-corrected chi connectivity index (χ0v) is 13.2. The van der Waals surface area contributed by atoms with Crippen molar-refractivity contribution in [1.29, 1.82) is 0 Å². The number of benzene rings is 1. The van der Waals surface area contributed by atoms with Crippen LogP contribution in [0.5, 0.6) is 0 Å². The van der Waals surface area contributed by atoms with Crippen LogP contribution in [0.15, 0.2) is 30.3 Å². The van der Waals surface area contributed by atoms with Crippen LogP contribution in [0.25, 0.3) is 0 Å². The van der Waals surface area contributed by atoms with E-state index in [2.05, 4.69) is 13.8 Å². The molecule has 4 nitrogen and oxygen atoms in total. The Morgan fingerprint density at radius 1 is 1.27 bits per heavy atom. The second-order valence-electron chi connectivity index (χ2n) is 7.33. The third-order valence-electron chi connectivity index (χ3n) is 4.69. The summed E-state index contributed by atoms with van der Waals surface area (Å²) in [6.45, 7) is 4.74. The van der Waals surface area contributed by atoms with E-state index in [-0.39, 0.29) is 11.9 Å². The van der Waals surface area contributed by atoms with Crippen molar-refractivity contribution in [2.75, 3.05) is 6.61 Å². The molecule has 1 heterocycles. The van der Waals surface area contributed by atoms with Crippen molar-refractivity contribution in [3.63, 3.8) is 0 Å². The molecule has 0 radical (unpaired) electrons. The van der Waals surface area contributed by atoms with Crippen molar-refractivity contribution in [3.05, 3.63) is 35.9 Å². The van der Waals surface area contributed by atoms with Crippen LogP contribution in [0.1, 0.15) is 38.7 Å². The van der Waals surface area contributed by atoms with Crippen molar-refractivity contribution in [2.24, 2.45) is 11.3 Å². The highest BCUT2D eigenvalue weighted by atomic mass is 16.6. The topological polar surface area (TPSA) is 46.6 Å². The molecule has 0 aromatic heterocycles. The summed E-state index contributed by atoms with van der Waals surface area (Å²) in [7, 11) is 0. The van der Waals surface area contributed by atoms with Gasteiger partial charge in [-0.2, -0.15) is 0 Å². The van der Waals surface area contributed by atoms with E-state index in [9.17, 15) is 9.59 Å². The monoisotopic (exact) mass is 301 g/mol. The molecule has 2 fully saturated rings. The molecule has 1 aromatic rings. The third kappa shape index (κ3) is 3.16. The van der Waals surface area contributed by atoms with Crippen molar-refractivity contribution in [2.45, 2.75) is 45.6 Å². The molecule has 0 bridgehead atoms. The number of imide groups is 1. The lowest BCUT2D eigenvalue weighted by Crippen LogP contribution is -2.43. The first kappa shape index (κ1) is 15.1. The summed E-state index contributed by atoms with van der Waals surface area (Å²) in [5.41, 5.74) is 1.47. The van der Waals surface area contributed by atoms with Crippen LogP contribution >= 0.6 is 0 Å². The Bertz CT molecular complexity index is 559. The van der Waals surface area contributed by atoms with E-state index in [1.807, 2.05) is 30.3 Å². The van der Waals surface area contributed by atoms with E-state index in [4.69, 9.17) is 4.74 Å². The largest absolute Gasteiger partial charge is 0.447 e. The lowest BCUT2D eigenvalue weighted by atomic mass is 9.63. The van der Waals surface area contributed by atoms with E-state index in [0.717, 1.165) is 18.4 Å². The van der Waals surface area contributed by atoms with Gasteiger partial charge < -0.3 is 4.74 Å². The highest BCUT2D eigenvalue weighted by Gasteiger charge is 2.42. The summed E-state index contributed by atoms with van der Waals surface area (Å²) in [5.74, 6) is 0.331. The van der Waals surface area contributed by atoms with Crippen LogP contribution in [0.2, 0.25) is 0 Å². The van der Waals surface area contributed by atoms with E-state index < -0.39 is 6.09 Å². The predicted octanol–water partition coefficient (Wildman–Crippen LogP) is 3.40. The van der Waals surface area contributed by atoms with Crippen molar-refractivity contribution >= 4 is 12.0 Å². The zero-order chi connectivity index (χ0) is 15.7. The fourth-order valence-electron chi connectivity index (χ4n) is 3.80. The van der Waals surface area contributed by atoms with Crippen LogP contribution in [0, 0.1) is 11.3 Å². The molecule has 1 aromatic carbocycles. The van der Waals surface area contributed by atoms with E-state index in [1.165, 1.54) is 4.90 Å². The van der Waals surface area contributed by atoms with Gasteiger partial charge in [-0.25, -0.2) is 9.69 Å². The number of cyclic esters (lactones) is 1. The molecule has 1 aliphatic heterocycles. The quantitative estimate of drug-likeness (QED) is 0.856. The molecule has 4 heteroatoms. The molecular weight excluding hydrogens is 278 g/mol. The van der Waals surface area contributed by atoms with Crippen LogP contribution in [-0.2, 0) is 16.0 Å². The first-order chi connectivity index (χ1) is 10.4. The lowest BCUT2D eigenvalue weighted by molar-refractivity contribution is -0.131. The standard InChI is InChI=1S/C18H23NO3/c1-18(2)10-14(11-18)9-16(20)19-15(12-22-17(19)21)8-13-6-4-3-5-7-13/h3-7,14-15H,8-12H2,1-2H3/t15-/m1/s1. The van der Waals surface area contributed by atoms with Gasteiger partial charge in [-0.05, 0) is 36.2 Å². The summed E-state index contributed by atoms with van der Waals surface area (Å²) in [6.07, 6.45) is 2.76. The van der Waals surface area contributed by atoms with Crippen molar-refractivity contribution in [1.82, 2.24) is 4.90 Å². The van der Waals surface area contributed by atoms with Gasteiger partial charge in [0.25, 0.3) is 0 Å². The molecule has 2 amide bonds. The van der Waals surface area contributed by atoms with Crippen LogP contribution in [-0.4, -0.2) is 29.5 Å². The summed E-state index contributed by atoms with van der Waals surface area (Å²) < 4.78 is 5.11. The second kappa shape index (κ2) is 5.75. The van der Waals surface area contributed by atoms with Crippen LogP contribution < -0.4 is 0 Å². The molecule has 22 heavy (non-hydrogen) atoms. The number of carbonyl (C=O) groups excluding carboxylic acids is 2. The van der Waals surface area contributed by atoms with E-state index in [0.29, 0.717) is 30.8 Å². The SMILES string of the molecule is CC1(C)CC(CC(=O)N2C(=O)OC[C@H]2Cc2ccccc2)C1. The molecule has 1 saturated heterocycles. The van der Waals surface area contributed by atoms with Crippen LogP contribution in [0.3, 0.4) is 0 Å². The summed E-state index contributed by atoms with van der Waals surface area (Å²) in [5, 5.41) is 0. The molecule has 2 aliphatic rings. The smallest absolute Gasteiger partial charge is 0.416 e. The number of ether oxygens (including phenoxy) is 1. The number of amides is 2. The molecule has 0 spiro atoms. The maximum atomic E-state index is 12.5. The van der Waals surface area contributed by atoms with Gasteiger partial charge in [0.15, 0.2) is 0 Å². The normalized spacial score (nSPS) is 24.0. The van der Waals surface area contributed by atoms with Crippen molar-refractivity contribution in [3.8, 4) is 0 Å². The van der Waals surface area contributed by atoms with Gasteiger partial charge in [0.05, 0.1) is 6.04 Å². The Hall–Kier alpha value is -1.84. The average molecular weight is 301 g/mol. The predicted molar refractivity (Wildman–Crippen MR) is 83.3 cm³/mol. The van der Waals surface area contributed by atoms with Gasteiger partial charge in [0, 0.05) is 6.42 Å². The number of carbonyl (C=O) groups is 2. The Kier molecular flexibility index (Phi) is 3.94. The molecule has 118 valence electrons. The third-order valence-corrected chi connectivity index (χ3v) is 4.69. The summed E-state index contributed by atoms with van der Waals surface area (Å²) in [6, 6.07) is 9.75. The van der Waals surface area contributed by atoms with Gasteiger partial charge in [-0.1, -0.05) is 44.2 Å². The minimum Gasteiger partial charge on any atom is -0.447 e. The maximum Gasteiger partial charge on any atom is 0.416 e. The number of rotatable bonds is 4. The number of hydrogen-bond acceptors (Lipinski definition) is 3. The Balaban J connectivity index is 1.62. The minimum absolute atomic E-state index is 0.0797. The highest BCUT2D eigenvalue weighted by molar-refractivity contribution is 5.93. The first-order valence-electron chi connectivity index (χ1n) is 7.97. The zero-order valence-electron chi connectivity index (χ0n) is 13.2. The highest BCUT2D eigenvalue weighted by Crippen LogP contribution is 2.46. The summed E-state index contributed by atoms with van der Waals surface area (Å²) in [4.78, 5) is 25.8. The Morgan fingerprint density at radius 3 is 2.59 bits per heavy atom. The summed E-state index contributed by atoms with van der Waals surface area (Å²) >= 11 is 0. The molecule has 3 rings (SSSR count). The Morgan fingerprint density at radius 2 is 1.95 bits per heavy atom. The number of nitrogens with zero attached hydrogens (tertiary/aromatic N) is 1. The molecule has 1 atom stereocenters. The fraction of sp³-hybridized carbons (Fsp3) is 0.556. The molecule has 1 saturated carbocycles. The van der Waals surface area contributed by atoms with Gasteiger partial charge in [0.2, 0.25) is 5.91 Å². The maximum absolute atomic E-state index is 12.5. The van der Waals surface area contributed by atoms with Gasteiger partial charge in [-0.3, -0.25) is 4.79 Å². The van der Waals surface area contributed by atoms with E-state index in [1.54, 1.807) is 0 Å². The number of hydrogen-bond donors (Lipinski definition) is 0. The lowest BCUT2D eigenvalue weighted by Gasteiger charge is -2.42. The van der Waals surface area contributed by atoms with Crippen LogP contribution in [0.4, 0.5) is 4.79 Å². The van der Waals surface area contributed by atoms with Gasteiger partial charge in [0.1, 0.15) is 6.61 Å². The molecule has 0 unspecified atom stereocenters. The first-order valence-corrected chi connectivity index (χ1v) is 7.97. The molecule has 1 aliphatic carbocycles. The molecule has 0 N–H and O–H groups in total. The Labute approximate surface area is 131 Å². The average Bonchev–Trinajstić information content (AvgIpc) is 2.79. The second-order valence-corrected chi connectivity index (χ2v) is 7.33. The van der Waals surface area contributed by atoms with Crippen molar-refractivity contribution < 1.29 is 14.3 Å². The molecular formula is C18H23NO3. The van der Waals surface area contributed by atoms with E-state index >= 15 is 0 Å².